The van der Waals surface area contributed by atoms with Crippen molar-refractivity contribution < 1.29 is 18.7 Å². The molecule has 0 saturated carbocycles. The predicted octanol–water partition coefficient (Wildman–Crippen LogP) is 2.84. The number of hydrogen-bond donors (Lipinski definition) is 0. The van der Waals surface area contributed by atoms with Crippen molar-refractivity contribution >= 4 is 12.0 Å². The fourth-order valence-electron chi connectivity index (χ4n) is 1.84. The second-order valence-electron chi connectivity index (χ2n) is 4.03. The molecule has 7 heteroatoms. The van der Waals surface area contributed by atoms with E-state index in [1.54, 1.807) is 13.0 Å². The van der Waals surface area contributed by atoms with Crippen molar-refractivity contribution in [3.63, 3.8) is 0 Å². The highest BCUT2D eigenvalue weighted by Gasteiger charge is 2.30. The molecule has 0 aliphatic carbocycles. The molecule has 2 atom stereocenters. The fourth-order valence-corrected chi connectivity index (χ4v) is 1.84. The number of esters is 1. The van der Waals surface area contributed by atoms with Crippen molar-refractivity contribution in [3.8, 4) is 5.75 Å². The fraction of sp³-hybridized carbons (Fsp3) is 0.308. The molecule has 0 aromatic heterocycles. The van der Waals surface area contributed by atoms with Crippen LogP contribution in [0.3, 0.4) is 0 Å². The largest absolute Gasteiger partial charge is 0.485 e. The van der Waals surface area contributed by atoms with Gasteiger partial charge in [0, 0.05) is 10.5 Å². The Kier molecular flexibility index (Phi) is 4.22. The molecule has 1 aliphatic heterocycles. The number of benzene rings is 1. The van der Waals surface area contributed by atoms with Crippen LogP contribution in [-0.4, -0.2) is 24.7 Å². The van der Waals surface area contributed by atoms with Crippen molar-refractivity contribution in [2.45, 2.75) is 19.1 Å². The van der Waals surface area contributed by atoms with Crippen LogP contribution in [0.15, 0.2) is 29.4 Å². The zero-order valence-corrected chi connectivity index (χ0v) is 10.7. The van der Waals surface area contributed by atoms with Crippen molar-refractivity contribution in [1.29, 1.82) is 0 Å². The van der Waals surface area contributed by atoms with Crippen LogP contribution in [0.2, 0.25) is 0 Å². The number of ether oxygens (including phenoxy) is 2. The minimum atomic E-state index is -1.12. The minimum absolute atomic E-state index is 0.175. The van der Waals surface area contributed by atoms with Gasteiger partial charge in [-0.15, -0.1) is 0 Å². The number of rotatable bonds is 4. The van der Waals surface area contributed by atoms with E-state index in [0.717, 1.165) is 0 Å². The van der Waals surface area contributed by atoms with E-state index in [1.807, 2.05) is 0 Å². The average molecular weight is 277 g/mol. The van der Waals surface area contributed by atoms with Gasteiger partial charge in [-0.25, -0.2) is 4.39 Å². The third-order valence-corrected chi connectivity index (χ3v) is 2.72. The normalized spacial score (nSPS) is 17.4. The Balaban J connectivity index is 2.24. The molecule has 1 aromatic carbocycles. The van der Waals surface area contributed by atoms with Gasteiger partial charge in [0.25, 0.3) is 0 Å². The van der Waals surface area contributed by atoms with E-state index >= 15 is 0 Å². The highest BCUT2D eigenvalue weighted by atomic mass is 19.1. The van der Waals surface area contributed by atoms with E-state index in [4.69, 9.17) is 15.0 Å². The van der Waals surface area contributed by atoms with Gasteiger partial charge >= 0.3 is 5.97 Å². The van der Waals surface area contributed by atoms with Crippen LogP contribution in [0, 0.1) is 5.82 Å². The number of carbonyl (C=O) groups is 1. The molecule has 0 bridgehead atoms. The van der Waals surface area contributed by atoms with Crippen molar-refractivity contribution in [1.82, 2.24) is 0 Å². The van der Waals surface area contributed by atoms with E-state index in [1.165, 1.54) is 24.3 Å². The molecule has 0 spiro atoms. The minimum Gasteiger partial charge on any atom is -0.485 e. The van der Waals surface area contributed by atoms with Crippen LogP contribution >= 0.6 is 0 Å². The van der Waals surface area contributed by atoms with E-state index in [2.05, 4.69) is 10.0 Å². The smallest absolute Gasteiger partial charge is 0.319 e. The lowest BCUT2D eigenvalue weighted by Gasteiger charge is -2.24. The maximum atomic E-state index is 13.1. The highest BCUT2D eigenvalue weighted by molar-refractivity contribution is 5.78. The quantitative estimate of drug-likeness (QED) is 0.367. The molecule has 1 aliphatic rings. The molecule has 0 fully saturated rings. The Morgan fingerprint density at radius 1 is 1.65 bits per heavy atom. The second-order valence-corrected chi connectivity index (χ2v) is 4.03. The van der Waals surface area contributed by atoms with E-state index in [9.17, 15) is 9.18 Å². The third-order valence-electron chi connectivity index (χ3n) is 2.72. The lowest BCUT2D eigenvalue weighted by molar-refractivity contribution is -0.146. The Labute approximate surface area is 114 Å². The SMILES string of the molecule is CCOC(=O)C(N=[N+]=[N-])C1C=Cc2cc(F)ccc2O1. The van der Waals surface area contributed by atoms with Gasteiger partial charge in [-0.2, -0.15) is 0 Å². The molecular weight excluding hydrogens is 265 g/mol. The first-order valence-corrected chi connectivity index (χ1v) is 6.01. The number of halogens is 1. The first-order valence-electron chi connectivity index (χ1n) is 6.01. The topological polar surface area (TPSA) is 84.3 Å². The molecule has 2 unspecified atom stereocenters. The van der Waals surface area contributed by atoms with Gasteiger partial charge in [-0.1, -0.05) is 11.2 Å². The zero-order valence-electron chi connectivity index (χ0n) is 10.7. The number of carbonyl (C=O) groups excluding carboxylic acids is 1. The van der Waals surface area contributed by atoms with Gasteiger partial charge in [0.1, 0.15) is 17.7 Å². The zero-order chi connectivity index (χ0) is 14.5. The Morgan fingerprint density at radius 3 is 3.15 bits per heavy atom. The van der Waals surface area contributed by atoms with Crippen LogP contribution in [0.4, 0.5) is 4.39 Å². The molecule has 1 heterocycles. The summed E-state index contributed by atoms with van der Waals surface area (Å²) in [5.74, 6) is -0.626. The summed E-state index contributed by atoms with van der Waals surface area (Å²) in [6, 6.07) is 2.91. The van der Waals surface area contributed by atoms with Crippen molar-refractivity contribution in [2.75, 3.05) is 6.61 Å². The maximum Gasteiger partial charge on any atom is 0.319 e. The molecule has 0 radical (unpaired) electrons. The molecule has 0 N–H and O–H groups in total. The molecule has 2 rings (SSSR count). The number of azide groups is 1. The third kappa shape index (κ3) is 2.89. The van der Waals surface area contributed by atoms with Crippen LogP contribution in [0.5, 0.6) is 5.75 Å². The first-order chi connectivity index (χ1) is 9.65. The summed E-state index contributed by atoms with van der Waals surface area (Å²) in [4.78, 5) is 14.4. The summed E-state index contributed by atoms with van der Waals surface area (Å²) in [5.41, 5.74) is 9.10. The van der Waals surface area contributed by atoms with Crippen LogP contribution in [-0.2, 0) is 9.53 Å². The standard InChI is InChI=1S/C13H12FN3O3/c1-2-19-13(18)12(16-17-15)11-5-3-8-7-9(14)4-6-10(8)20-11/h3-7,11-12H,2H2,1H3. The first kappa shape index (κ1) is 13.9. The predicted molar refractivity (Wildman–Crippen MR) is 69.4 cm³/mol. The van der Waals surface area contributed by atoms with Crippen LogP contribution in [0.25, 0.3) is 16.5 Å². The molecule has 104 valence electrons. The van der Waals surface area contributed by atoms with Crippen LogP contribution in [0.1, 0.15) is 12.5 Å². The van der Waals surface area contributed by atoms with Gasteiger partial charge in [-0.05, 0) is 36.7 Å². The Morgan fingerprint density at radius 2 is 2.45 bits per heavy atom. The van der Waals surface area contributed by atoms with Crippen molar-refractivity contribution in [3.05, 3.63) is 46.1 Å². The van der Waals surface area contributed by atoms with Gasteiger partial charge in [0.05, 0.1) is 6.61 Å². The molecule has 6 nitrogen and oxygen atoms in total. The highest BCUT2D eigenvalue weighted by Crippen LogP contribution is 2.28. The lowest BCUT2D eigenvalue weighted by atomic mass is 10.1. The Hall–Kier alpha value is -2.53. The molecule has 0 amide bonds. The summed E-state index contributed by atoms with van der Waals surface area (Å²) < 4.78 is 23.5. The van der Waals surface area contributed by atoms with Crippen molar-refractivity contribution in [2.24, 2.45) is 5.11 Å². The van der Waals surface area contributed by atoms with Gasteiger partial charge in [0.15, 0.2) is 6.04 Å². The average Bonchev–Trinajstić information content (AvgIpc) is 2.44. The van der Waals surface area contributed by atoms with Gasteiger partial charge in [0.2, 0.25) is 0 Å². The summed E-state index contributed by atoms with van der Waals surface area (Å²) in [5, 5.41) is 3.41. The molecular formula is C13H12FN3O3. The maximum absolute atomic E-state index is 13.1. The second kappa shape index (κ2) is 6.08. The Bertz CT molecular complexity index is 597. The van der Waals surface area contributed by atoms with E-state index < -0.39 is 18.1 Å². The van der Waals surface area contributed by atoms with Crippen LogP contribution < -0.4 is 4.74 Å². The summed E-state index contributed by atoms with van der Waals surface area (Å²) >= 11 is 0. The summed E-state index contributed by atoms with van der Waals surface area (Å²) in [6.07, 6.45) is 2.38. The van der Waals surface area contributed by atoms with Gasteiger partial charge < -0.3 is 9.47 Å². The number of nitrogens with zero attached hydrogens (tertiary/aromatic N) is 3. The van der Waals surface area contributed by atoms with E-state index in [-0.39, 0.29) is 12.4 Å². The summed E-state index contributed by atoms with van der Waals surface area (Å²) in [6.45, 7) is 1.83. The van der Waals surface area contributed by atoms with Gasteiger partial charge in [-0.3, -0.25) is 4.79 Å². The lowest BCUT2D eigenvalue weighted by Crippen LogP contribution is -2.37. The molecule has 0 saturated heterocycles. The molecule has 1 aromatic rings. The monoisotopic (exact) mass is 277 g/mol. The number of hydrogen-bond acceptors (Lipinski definition) is 4. The van der Waals surface area contributed by atoms with E-state index in [0.29, 0.717) is 11.3 Å². The number of fused-ring (bicyclic) bond motifs is 1. The summed E-state index contributed by atoms with van der Waals surface area (Å²) in [7, 11) is 0. The molecule has 20 heavy (non-hydrogen) atoms.